The van der Waals surface area contributed by atoms with Crippen LogP contribution in [-0.4, -0.2) is 22.8 Å². The lowest BCUT2D eigenvalue weighted by Gasteiger charge is -2.14. The Bertz CT molecular complexity index is 676. The van der Waals surface area contributed by atoms with E-state index < -0.39 is 5.97 Å². The number of halogens is 1. The molecule has 0 radical (unpaired) electrons. The molecule has 0 amide bonds. The van der Waals surface area contributed by atoms with Gasteiger partial charge in [-0.15, -0.1) is 0 Å². The Kier molecular flexibility index (Phi) is 4.92. The van der Waals surface area contributed by atoms with Crippen LogP contribution in [0, 0.1) is 13.8 Å². The second kappa shape index (κ2) is 6.70. The van der Waals surface area contributed by atoms with Crippen LogP contribution in [0.2, 0.25) is 5.02 Å². The second-order valence-electron chi connectivity index (χ2n) is 4.61. The first-order chi connectivity index (χ1) is 10.4. The van der Waals surface area contributed by atoms with Crippen LogP contribution in [0.25, 0.3) is 0 Å². The monoisotopic (exact) mass is 325 g/mol. The molecule has 1 N–H and O–H groups in total. The quantitative estimate of drug-likeness (QED) is 0.873. The highest BCUT2D eigenvalue weighted by molar-refractivity contribution is 6.32. The zero-order chi connectivity index (χ0) is 16.3. The Morgan fingerprint density at radius 2 is 2.09 bits per heavy atom. The average molecular weight is 326 g/mol. The van der Waals surface area contributed by atoms with Crippen molar-refractivity contribution in [1.29, 1.82) is 0 Å². The second-order valence-corrected chi connectivity index (χ2v) is 5.02. The first kappa shape index (κ1) is 16.2. The topological polar surface area (TPSA) is 81.8 Å². The molecule has 1 heterocycles. The fourth-order valence-electron chi connectivity index (χ4n) is 1.95. The van der Waals surface area contributed by atoms with E-state index in [1.807, 2.05) is 6.92 Å². The molecule has 7 heteroatoms. The first-order valence-electron chi connectivity index (χ1n) is 6.68. The van der Waals surface area contributed by atoms with Gasteiger partial charge in [-0.3, -0.25) is 0 Å². The molecule has 1 aromatic heterocycles. The van der Waals surface area contributed by atoms with Crippen molar-refractivity contribution in [3.05, 3.63) is 39.7 Å². The Morgan fingerprint density at radius 3 is 2.64 bits per heavy atom. The maximum atomic E-state index is 11.1. The van der Waals surface area contributed by atoms with Crippen molar-refractivity contribution in [2.75, 3.05) is 6.61 Å². The summed E-state index contributed by atoms with van der Waals surface area (Å²) in [5, 5.41) is 13.1. The van der Waals surface area contributed by atoms with Crippen LogP contribution in [0.3, 0.4) is 0 Å². The van der Waals surface area contributed by atoms with E-state index in [0.717, 1.165) is 11.3 Å². The molecule has 0 unspecified atom stereocenters. The lowest BCUT2D eigenvalue weighted by molar-refractivity contribution is 0.0696. The number of nitrogens with zero attached hydrogens (tertiary/aromatic N) is 1. The van der Waals surface area contributed by atoms with Gasteiger partial charge in [-0.05, 0) is 32.9 Å². The van der Waals surface area contributed by atoms with Crippen molar-refractivity contribution >= 4 is 17.6 Å². The van der Waals surface area contributed by atoms with E-state index in [-0.39, 0.29) is 17.2 Å². The van der Waals surface area contributed by atoms with Crippen molar-refractivity contribution < 1.29 is 23.9 Å². The molecule has 0 bridgehead atoms. The number of hydrogen-bond acceptors (Lipinski definition) is 5. The molecule has 1 aromatic carbocycles. The maximum absolute atomic E-state index is 11.1. The van der Waals surface area contributed by atoms with Gasteiger partial charge in [-0.2, -0.15) is 0 Å². The number of aromatic carboxylic acids is 1. The first-order valence-corrected chi connectivity index (χ1v) is 7.06. The molecule has 0 spiro atoms. The molecule has 0 atom stereocenters. The lowest BCUT2D eigenvalue weighted by Crippen LogP contribution is -2.04. The van der Waals surface area contributed by atoms with Gasteiger partial charge in [0.1, 0.15) is 12.4 Å². The van der Waals surface area contributed by atoms with Gasteiger partial charge in [-0.1, -0.05) is 16.8 Å². The highest BCUT2D eigenvalue weighted by atomic mass is 35.5. The molecule has 22 heavy (non-hydrogen) atoms. The van der Waals surface area contributed by atoms with Gasteiger partial charge in [0.2, 0.25) is 0 Å². The molecule has 0 aliphatic heterocycles. The molecule has 0 saturated carbocycles. The van der Waals surface area contributed by atoms with Crippen molar-refractivity contribution in [3.63, 3.8) is 0 Å². The summed E-state index contributed by atoms with van der Waals surface area (Å²) in [7, 11) is 0. The number of aryl methyl sites for hydroxylation is 2. The maximum Gasteiger partial charge on any atom is 0.335 e. The van der Waals surface area contributed by atoms with Gasteiger partial charge in [0.25, 0.3) is 0 Å². The molecule has 2 rings (SSSR count). The molecule has 0 fully saturated rings. The summed E-state index contributed by atoms with van der Waals surface area (Å²) in [5.41, 5.74) is 1.59. The van der Waals surface area contributed by atoms with Gasteiger partial charge < -0.3 is 19.1 Å². The number of hydrogen-bond donors (Lipinski definition) is 1. The van der Waals surface area contributed by atoms with E-state index in [4.69, 9.17) is 30.7 Å². The summed E-state index contributed by atoms with van der Waals surface area (Å²) in [6, 6.07) is 2.72. The molecule has 0 saturated heterocycles. The van der Waals surface area contributed by atoms with Gasteiger partial charge in [0.05, 0.1) is 28.5 Å². The van der Waals surface area contributed by atoms with Crippen LogP contribution in [0.15, 0.2) is 16.7 Å². The predicted octanol–water partition coefficient (Wildman–Crippen LogP) is 3.62. The number of benzene rings is 1. The minimum absolute atomic E-state index is 0.0399. The van der Waals surface area contributed by atoms with E-state index in [9.17, 15) is 4.79 Å². The number of aromatic nitrogens is 1. The SMILES string of the molecule is CCOc1cc(C(=O)O)cc(Cl)c1OCc1c(C)noc1C. The minimum atomic E-state index is -1.08. The van der Waals surface area contributed by atoms with Crippen LogP contribution in [-0.2, 0) is 6.61 Å². The highest BCUT2D eigenvalue weighted by Crippen LogP contribution is 2.37. The summed E-state index contributed by atoms with van der Waals surface area (Å²) in [5.74, 6) is 0.168. The smallest absolute Gasteiger partial charge is 0.335 e. The molecule has 6 nitrogen and oxygen atoms in total. The molecule has 0 aliphatic carbocycles. The zero-order valence-electron chi connectivity index (χ0n) is 12.5. The van der Waals surface area contributed by atoms with Crippen LogP contribution >= 0.6 is 11.6 Å². The van der Waals surface area contributed by atoms with E-state index in [1.165, 1.54) is 12.1 Å². The predicted molar refractivity (Wildman–Crippen MR) is 79.9 cm³/mol. The van der Waals surface area contributed by atoms with E-state index in [2.05, 4.69) is 5.16 Å². The van der Waals surface area contributed by atoms with E-state index in [1.54, 1.807) is 13.8 Å². The molecular weight excluding hydrogens is 310 g/mol. The normalized spacial score (nSPS) is 10.5. The van der Waals surface area contributed by atoms with Crippen molar-refractivity contribution in [1.82, 2.24) is 5.16 Å². The molecule has 2 aromatic rings. The lowest BCUT2D eigenvalue weighted by atomic mass is 10.2. The number of carbonyl (C=O) groups is 1. The average Bonchev–Trinajstić information content (AvgIpc) is 2.77. The third-order valence-electron chi connectivity index (χ3n) is 3.10. The summed E-state index contributed by atoms with van der Waals surface area (Å²) in [6.07, 6.45) is 0. The standard InChI is InChI=1S/C15H16ClNO5/c1-4-20-13-6-10(15(18)19)5-12(16)14(13)21-7-11-8(2)17-22-9(11)3/h5-6H,4,7H2,1-3H3,(H,18,19). The summed E-state index contributed by atoms with van der Waals surface area (Å²) in [6.45, 7) is 5.96. The van der Waals surface area contributed by atoms with Crippen molar-refractivity contribution in [3.8, 4) is 11.5 Å². The minimum Gasteiger partial charge on any atom is -0.490 e. The Morgan fingerprint density at radius 1 is 1.36 bits per heavy atom. The third-order valence-corrected chi connectivity index (χ3v) is 3.38. The number of carboxylic acids is 1. The van der Waals surface area contributed by atoms with E-state index >= 15 is 0 Å². The van der Waals surface area contributed by atoms with Crippen LogP contribution in [0.1, 0.15) is 34.3 Å². The van der Waals surface area contributed by atoms with Gasteiger partial charge >= 0.3 is 5.97 Å². The number of rotatable bonds is 6. The molecule has 0 aliphatic rings. The Labute approximate surface area is 132 Å². The molecular formula is C15H16ClNO5. The van der Waals surface area contributed by atoms with Crippen LogP contribution in [0.5, 0.6) is 11.5 Å². The summed E-state index contributed by atoms with van der Waals surface area (Å²) < 4.78 is 16.2. The van der Waals surface area contributed by atoms with E-state index in [0.29, 0.717) is 23.9 Å². The highest BCUT2D eigenvalue weighted by Gasteiger charge is 2.17. The van der Waals surface area contributed by atoms with Crippen molar-refractivity contribution in [2.24, 2.45) is 0 Å². The van der Waals surface area contributed by atoms with Gasteiger partial charge in [-0.25, -0.2) is 4.79 Å². The molecule has 118 valence electrons. The van der Waals surface area contributed by atoms with Crippen molar-refractivity contribution in [2.45, 2.75) is 27.4 Å². The van der Waals surface area contributed by atoms with Gasteiger partial charge in [0.15, 0.2) is 11.5 Å². The number of carboxylic acid groups (broad SMARTS) is 1. The third kappa shape index (κ3) is 3.33. The van der Waals surface area contributed by atoms with Crippen LogP contribution in [0.4, 0.5) is 0 Å². The number of ether oxygens (including phenoxy) is 2. The summed E-state index contributed by atoms with van der Waals surface area (Å²) >= 11 is 6.13. The Hall–Kier alpha value is -2.21. The Balaban J connectivity index is 2.31. The summed E-state index contributed by atoms with van der Waals surface area (Å²) in [4.78, 5) is 11.1. The zero-order valence-corrected chi connectivity index (χ0v) is 13.2. The van der Waals surface area contributed by atoms with Gasteiger partial charge in [0, 0.05) is 0 Å². The fraction of sp³-hybridized carbons (Fsp3) is 0.333. The largest absolute Gasteiger partial charge is 0.490 e. The van der Waals surface area contributed by atoms with Crippen LogP contribution < -0.4 is 9.47 Å². The fourth-order valence-corrected chi connectivity index (χ4v) is 2.21.